The van der Waals surface area contributed by atoms with Crippen molar-refractivity contribution in [1.82, 2.24) is 9.55 Å². The third kappa shape index (κ3) is 3.37. The molecule has 0 saturated heterocycles. The fourth-order valence-corrected chi connectivity index (χ4v) is 2.88. The molecule has 0 saturated carbocycles. The molecule has 0 aliphatic carbocycles. The Morgan fingerprint density at radius 2 is 2.05 bits per heavy atom. The molecule has 1 heterocycles. The molecule has 1 aromatic carbocycles. The number of hydrogen-bond donors (Lipinski definition) is 0. The van der Waals surface area contributed by atoms with Crippen LogP contribution >= 0.6 is 11.6 Å². The molecular formula is C16H21ClF2N2. The van der Waals surface area contributed by atoms with Crippen LogP contribution in [0.5, 0.6) is 0 Å². The number of hydrogen-bond acceptors (Lipinski definition) is 1. The summed E-state index contributed by atoms with van der Waals surface area (Å²) in [5, 5.41) is 0. The SMILES string of the molecule is CCCCC(CC)Cn1c(CCl)nc2ccc(F)c(F)c21. The number of benzene rings is 1. The Bertz CT molecular complexity index is 610. The van der Waals surface area contributed by atoms with Crippen molar-refractivity contribution in [2.24, 2.45) is 5.92 Å². The van der Waals surface area contributed by atoms with Crippen LogP contribution in [0.1, 0.15) is 45.4 Å². The van der Waals surface area contributed by atoms with E-state index in [0.717, 1.165) is 31.7 Å². The minimum absolute atomic E-state index is 0.194. The Morgan fingerprint density at radius 3 is 2.67 bits per heavy atom. The van der Waals surface area contributed by atoms with E-state index >= 15 is 0 Å². The highest BCUT2D eigenvalue weighted by atomic mass is 35.5. The second kappa shape index (κ2) is 7.21. The van der Waals surface area contributed by atoms with E-state index in [1.807, 2.05) is 0 Å². The van der Waals surface area contributed by atoms with E-state index in [0.29, 0.717) is 23.8 Å². The fraction of sp³-hybridized carbons (Fsp3) is 0.562. The van der Waals surface area contributed by atoms with Gasteiger partial charge in [0.15, 0.2) is 11.6 Å². The third-order valence-electron chi connectivity index (χ3n) is 3.98. The summed E-state index contributed by atoms with van der Waals surface area (Å²) in [6, 6.07) is 2.62. The van der Waals surface area contributed by atoms with Crippen LogP contribution in [-0.2, 0) is 12.4 Å². The summed E-state index contributed by atoms with van der Waals surface area (Å²) in [4.78, 5) is 4.33. The minimum Gasteiger partial charge on any atom is -0.324 e. The van der Waals surface area contributed by atoms with Crippen LogP contribution in [0, 0.1) is 17.6 Å². The smallest absolute Gasteiger partial charge is 0.184 e. The van der Waals surface area contributed by atoms with Gasteiger partial charge < -0.3 is 4.57 Å². The number of rotatable bonds is 7. The van der Waals surface area contributed by atoms with Crippen molar-refractivity contribution in [3.05, 3.63) is 29.6 Å². The number of nitrogens with zero attached hydrogens (tertiary/aromatic N) is 2. The van der Waals surface area contributed by atoms with Gasteiger partial charge >= 0.3 is 0 Å². The van der Waals surface area contributed by atoms with Crippen molar-refractivity contribution in [2.45, 2.75) is 52.0 Å². The number of halogens is 3. The molecule has 0 fully saturated rings. The van der Waals surface area contributed by atoms with Gasteiger partial charge in [0.05, 0.1) is 11.4 Å². The lowest BCUT2D eigenvalue weighted by Gasteiger charge is -2.17. The normalized spacial score (nSPS) is 13.0. The molecule has 0 aliphatic rings. The van der Waals surface area contributed by atoms with Gasteiger partial charge in [-0.25, -0.2) is 13.8 Å². The summed E-state index contributed by atoms with van der Waals surface area (Å²) in [5.74, 6) is -0.453. The first-order valence-electron chi connectivity index (χ1n) is 7.51. The Morgan fingerprint density at radius 1 is 1.29 bits per heavy atom. The van der Waals surface area contributed by atoms with Crippen LogP contribution in [0.3, 0.4) is 0 Å². The zero-order valence-electron chi connectivity index (χ0n) is 12.5. The third-order valence-corrected chi connectivity index (χ3v) is 4.22. The first-order valence-corrected chi connectivity index (χ1v) is 8.04. The van der Waals surface area contributed by atoms with E-state index in [1.54, 1.807) is 4.57 Å². The molecule has 1 aromatic heterocycles. The molecule has 0 amide bonds. The number of imidazole rings is 1. The van der Waals surface area contributed by atoms with Gasteiger partial charge in [0.1, 0.15) is 11.3 Å². The monoisotopic (exact) mass is 314 g/mol. The number of unbranched alkanes of at least 4 members (excludes halogenated alkanes) is 1. The number of aromatic nitrogens is 2. The number of alkyl halides is 1. The van der Waals surface area contributed by atoms with Crippen molar-refractivity contribution in [2.75, 3.05) is 0 Å². The van der Waals surface area contributed by atoms with Crippen LogP contribution in [0.2, 0.25) is 0 Å². The Kier molecular flexibility index (Phi) is 5.57. The zero-order valence-corrected chi connectivity index (χ0v) is 13.3. The average molecular weight is 315 g/mol. The van der Waals surface area contributed by atoms with Gasteiger partial charge in [0, 0.05) is 6.54 Å². The topological polar surface area (TPSA) is 17.8 Å². The Balaban J connectivity index is 2.43. The molecule has 21 heavy (non-hydrogen) atoms. The van der Waals surface area contributed by atoms with E-state index in [9.17, 15) is 8.78 Å². The van der Waals surface area contributed by atoms with E-state index in [2.05, 4.69) is 18.8 Å². The lowest BCUT2D eigenvalue weighted by molar-refractivity contribution is 0.389. The maximum Gasteiger partial charge on any atom is 0.184 e. The quantitative estimate of drug-likeness (QED) is 0.637. The molecule has 1 atom stereocenters. The fourth-order valence-electron chi connectivity index (χ4n) is 2.68. The number of fused-ring (bicyclic) bond motifs is 1. The molecule has 0 radical (unpaired) electrons. The predicted octanol–water partition coefficient (Wildman–Crippen LogP) is 5.27. The van der Waals surface area contributed by atoms with Gasteiger partial charge in [-0.3, -0.25) is 0 Å². The molecule has 0 N–H and O–H groups in total. The molecule has 0 aliphatic heterocycles. The summed E-state index contributed by atoms with van der Waals surface area (Å²) in [7, 11) is 0. The van der Waals surface area contributed by atoms with Crippen LogP contribution in [0.15, 0.2) is 12.1 Å². The molecule has 2 nitrogen and oxygen atoms in total. The van der Waals surface area contributed by atoms with Crippen molar-refractivity contribution >= 4 is 22.6 Å². The average Bonchev–Trinajstić information content (AvgIpc) is 2.85. The largest absolute Gasteiger partial charge is 0.324 e. The first kappa shape index (κ1) is 16.2. The molecule has 5 heteroatoms. The van der Waals surface area contributed by atoms with Gasteiger partial charge in [0.25, 0.3) is 0 Å². The highest BCUT2D eigenvalue weighted by Crippen LogP contribution is 2.26. The predicted molar refractivity (Wildman–Crippen MR) is 82.5 cm³/mol. The standard InChI is InChI=1S/C16H21ClF2N2/c1-3-5-6-11(4-2)10-21-14(9-17)20-13-8-7-12(18)15(19)16(13)21/h7-8,11H,3-6,9-10H2,1-2H3. The molecular weight excluding hydrogens is 294 g/mol. The van der Waals surface area contributed by atoms with Crippen molar-refractivity contribution in [3.63, 3.8) is 0 Å². The van der Waals surface area contributed by atoms with E-state index in [-0.39, 0.29) is 11.4 Å². The van der Waals surface area contributed by atoms with Gasteiger partial charge in [-0.1, -0.05) is 33.1 Å². The Hall–Kier alpha value is -1.16. The van der Waals surface area contributed by atoms with Crippen molar-refractivity contribution in [1.29, 1.82) is 0 Å². The highest BCUT2D eigenvalue weighted by molar-refractivity contribution is 6.16. The van der Waals surface area contributed by atoms with Crippen LogP contribution < -0.4 is 0 Å². The van der Waals surface area contributed by atoms with Crippen LogP contribution in [-0.4, -0.2) is 9.55 Å². The van der Waals surface area contributed by atoms with Gasteiger partial charge in [-0.05, 0) is 24.5 Å². The van der Waals surface area contributed by atoms with E-state index in [4.69, 9.17) is 11.6 Å². The lowest BCUT2D eigenvalue weighted by Crippen LogP contribution is -2.13. The molecule has 2 rings (SSSR count). The highest BCUT2D eigenvalue weighted by Gasteiger charge is 2.19. The summed E-state index contributed by atoms with van der Waals surface area (Å²) < 4.78 is 29.4. The van der Waals surface area contributed by atoms with Gasteiger partial charge in [-0.15, -0.1) is 11.6 Å². The molecule has 1 unspecified atom stereocenters. The van der Waals surface area contributed by atoms with E-state index in [1.165, 1.54) is 6.07 Å². The van der Waals surface area contributed by atoms with Crippen molar-refractivity contribution < 1.29 is 8.78 Å². The minimum atomic E-state index is -0.841. The van der Waals surface area contributed by atoms with Gasteiger partial charge in [0.2, 0.25) is 0 Å². The maximum atomic E-state index is 14.1. The second-order valence-corrected chi connectivity index (χ2v) is 5.69. The Labute approximate surface area is 129 Å². The summed E-state index contributed by atoms with van der Waals surface area (Å²) in [5.41, 5.74) is 0.704. The van der Waals surface area contributed by atoms with Crippen LogP contribution in [0.4, 0.5) is 8.78 Å². The van der Waals surface area contributed by atoms with E-state index < -0.39 is 11.6 Å². The molecule has 0 spiro atoms. The first-order chi connectivity index (χ1) is 10.1. The summed E-state index contributed by atoms with van der Waals surface area (Å²) in [6.45, 7) is 4.91. The van der Waals surface area contributed by atoms with Gasteiger partial charge in [-0.2, -0.15) is 0 Å². The summed E-state index contributed by atoms with van der Waals surface area (Å²) >= 11 is 5.93. The van der Waals surface area contributed by atoms with Crippen molar-refractivity contribution in [3.8, 4) is 0 Å². The summed E-state index contributed by atoms with van der Waals surface area (Å²) in [6.07, 6.45) is 4.34. The molecule has 116 valence electrons. The molecule has 0 bridgehead atoms. The maximum absolute atomic E-state index is 14.1. The zero-order chi connectivity index (χ0) is 15.4. The second-order valence-electron chi connectivity index (χ2n) is 5.42. The van der Waals surface area contributed by atoms with Crippen LogP contribution in [0.25, 0.3) is 11.0 Å². The molecule has 2 aromatic rings. The lowest BCUT2D eigenvalue weighted by atomic mass is 9.99.